The maximum Gasteiger partial charge on any atom is 0.431 e. The molecule has 0 spiro atoms. The number of ether oxygens (including phenoxy) is 1. The van der Waals surface area contributed by atoms with Crippen molar-refractivity contribution in [1.29, 1.82) is 0 Å². The average molecular weight is 298 g/mol. The van der Waals surface area contributed by atoms with Crippen LogP contribution >= 0.6 is 0 Å². The number of carboxylic acids is 1. The van der Waals surface area contributed by atoms with Gasteiger partial charge in [-0.05, 0) is 12.1 Å². The molecule has 1 aromatic carbocycles. The van der Waals surface area contributed by atoms with Crippen molar-refractivity contribution in [3.8, 4) is 0 Å². The first kappa shape index (κ1) is 15.9. The second-order valence-electron chi connectivity index (χ2n) is 3.55. The summed E-state index contributed by atoms with van der Waals surface area (Å²) in [5.41, 5.74) is -1.39. The van der Waals surface area contributed by atoms with E-state index in [1.165, 1.54) is 6.07 Å². The molecule has 9 heteroatoms. The number of carbonyl (C=O) groups excluding carboxylic acids is 1. The lowest BCUT2D eigenvalue weighted by molar-refractivity contribution is -0.236. The Hall–Kier alpha value is -2.19. The summed E-state index contributed by atoms with van der Waals surface area (Å²) in [6.45, 7) is 0. The van der Waals surface area contributed by atoms with Crippen molar-refractivity contribution in [1.82, 2.24) is 0 Å². The Morgan fingerprint density at radius 1 is 1.10 bits per heavy atom. The fourth-order valence-electron chi connectivity index (χ4n) is 1.29. The largest absolute Gasteiger partial charge is 0.478 e. The van der Waals surface area contributed by atoms with Gasteiger partial charge in [-0.3, -0.25) is 0 Å². The molecule has 20 heavy (non-hydrogen) atoms. The Kier molecular flexibility index (Phi) is 4.64. The number of esters is 1. The van der Waals surface area contributed by atoms with Crippen molar-refractivity contribution in [2.24, 2.45) is 0 Å². The Morgan fingerprint density at radius 2 is 1.60 bits per heavy atom. The molecule has 0 aromatic heterocycles. The number of rotatable bonds is 4. The van der Waals surface area contributed by atoms with Crippen LogP contribution in [0.3, 0.4) is 0 Å². The molecule has 1 N–H and O–H groups in total. The second kappa shape index (κ2) is 5.85. The van der Waals surface area contributed by atoms with E-state index in [-0.39, 0.29) is 0 Å². The van der Waals surface area contributed by atoms with Gasteiger partial charge in [-0.25, -0.2) is 18.4 Å². The van der Waals surface area contributed by atoms with E-state index < -0.39 is 41.8 Å². The first-order valence-electron chi connectivity index (χ1n) is 5.02. The highest BCUT2D eigenvalue weighted by molar-refractivity contribution is 6.02. The quantitative estimate of drug-likeness (QED) is 0.685. The van der Waals surface area contributed by atoms with Crippen LogP contribution in [-0.2, 0) is 4.74 Å². The average Bonchev–Trinajstić information content (AvgIpc) is 2.33. The normalized spacial score (nSPS) is 13.1. The molecule has 0 bridgehead atoms. The summed E-state index contributed by atoms with van der Waals surface area (Å²) in [5.74, 6) is -3.39. The van der Waals surface area contributed by atoms with Gasteiger partial charge in [-0.1, -0.05) is 12.1 Å². The lowest BCUT2D eigenvalue weighted by Gasteiger charge is -2.20. The van der Waals surface area contributed by atoms with Gasteiger partial charge in [0.15, 0.2) is 0 Å². The zero-order chi connectivity index (χ0) is 15.5. The predicted molar refractivity (Wildman–Crippen MR) is 54.7 cm³/mol. The summed E-state index contributed by atoms with van der Waals surface area (Å²) < 4.78 is 64.8. The first-order valence-corrected chi connectivity index (χ1v) is 5.02. The van der Waals surface area contributed by atoms with Crippen molar-refractivity contribution >= 4 is 11.9 Å². The van der Waals surface area contributed by atoms with E-state index in [2.05, 4.69) is 4.74 Å². The molecule has 0 aliphatic carbocycles. The predicted octanol–water partition coefficient (Wildman–Crippen LogP) is 2.74. The fourth-order valence-corrected chi connectivity index (χ4v) is 1.29. The molecule has 0 aliphatic heterocycles. The van der Waals surface area contributed by atoms with Gasteiger partial charge in [0.25, 0.3) is 12.5 Å². The minimum atomic E-state index is -5.46. The van der Waals surface area contributed by atoms with Gasteiger partial charge in [0.2, 0.25) is 0 Å². The van der Waals surface area contributed by atoms with Gasteiger partial charge in [0, 0.05) is 0 Å². The molecule has 0 radical (unpaired) electrons. The van der Waals surface area contributed by atoms with Crippen LogP contribution in [0.15, 0.2) is 24.3 Å². The van der Waals surface area contributed by atoms with Crippen LogP contribution < -0.4 is 0 Å². The number of aromatic carboxylic acids is 1. The van der Waals surface area contributed by atoms with E-state index in [4.69, 9.17) is 5.11 Å². The number of hydrogen-bond donors (Lipinski definition) is 1. The third-order valence-electron chi connectivity index (χ3n) is 2.16. The highest BCUT2D eigenvalue weighted by Gasteiger charge is 2.49. The van der Waals surface area contributed by atoms with Crippen molar-refractivity contribution in [3.05, 3.63) is 35.4 Å². The highest BCUT2D eigenvalue weighted by atomic mass is 19.4. The molecule has 1 atom stereocenters. The molecule has 0 saturated carbocycles. The van der Waals surface area contributed by atoms with Gasteiger partial charge in [-0.2, -0.15) is 13.2 Å². The van der Waals surface area contributed by atoms with E-state index >= 15 is 0 Å². The fraction of sp³-hybridized carbons (Fsp3) is 0.273. The van der Waals surface area contributed by atoms with Crippen molar-refractivity contribution < 1.29 is 41.4 Å². The van der Waals surface area contributed by atoms with Crippen LogP contribution in [0.1, 0.15) is 20.7 Å². The van der Waals surface area contributed by atoms with Crippen LogP contribution in [0.25, 0.3) is 0 Å². The minimum Gasteiger partial charge on any atom is -0.478 e. The molecule has 4 nitrogen and oxygen atoms in total. The minimum absolute atomic E-state index is 0.646. The molecule has 0 heterocycles. The smallest absolute Gasteiger partial charge is 0.431 e. The van der Waals surface area contributed by atoms with Crippen molar-refractivity contribution in [2.75, 3.05) is 0 Å². The van der Waals surface area contributed by atoms with Gasteiger partial charge < -0.3 is 9.84 Å². The molecule has 0 amide bonds. The van der Waals surface area contributed by atoms with E-state index in [1.807, 2.05) is 0 Å². The number of carbonyl (C=O) groups is 2. The van der Waals surface area contributed by atoms with Gasteiger partial charge in [0.1, 0.15) is 0 Å². The van der Waals surface area contributed by atoms with Crippen LogP contribution in [0, 0.1) is 0 Å². The van der Waals surface area contributed by atoms with Gasteiger partial charge >= 0.3 is 18.1 Å². The zero-order valence-corrected chi connectivity index (χ0v) is 9.53. The second-order valence-corrected chi connectivity index (χ2v) is 3.55. The maximum atomic E-state index is 12.2. The van der Waals surface area contributed by atoms with Crippen LogP contribution in [0.2, 0.25) is 0 Å². The number of halogens is 5. The number of benzene rings is 1. The standard InChI is InChI=1S/C11H7F5O4/c12-8(13)7(11(14,15)16)20-10(19)6-4-2-1-3-5(6)9(17)18/h1-4,7-8H,(H,17,18). The van der Waals surface area contributed by atoms with Gasteiger partial charge in [-0.15, -0.1) is 0 Å². The molecule has 0 aliphatic rings. The zero-order valence-electron chi connectivity index (χ0n) is 9.53. The molecule has 110 valence electrons. The molecule has 0 fully saturated rings. The van der Waals surface area contributed by atoms with E-state index in [1.54, 1.807) is 0 Å². The molecular formula is C11H7F5O4. The third kappa shape index (κ3) is 3.65. The van der Waals surface area contributed by atoms with Crippen molar-refractivity contribution in [2.45, 2.75) is 18.7 Å². The van der Waals surface area contributed by atoms with Gasteiger partial charge in [0.05, 0.1) is 11.1 Å². The topological polar surface area (TPSA) is 63.6 Å². The third-order valence-corrected chi connectivity index (χ3v) is 2.16. The highest BCUT2D eigenvalue weighted by Crippen LogP contribution is 2.28. The lowest BCUT2D eigenvalue weighted by Crippen LogP contribution is -2.39. The Balaban J connectivity index is 3.05. The summed E-state index contributed by atoms with van der Waals surface area (Å²) in [5, 5.41) is 8.74. The Morgan fingerprint density at radius 3 is 2.00 bits per heavy atom. The van der Waals surface area contributed by atoms with E-state index in [0.29, 0.717) is 0 Å². The summed E-state index contributed by atoms with van der Waals surface area (Å²) in [6, 6.07) is 4.18. The summed E-state index contributed by atoms with van der Waals surface area (Å²) in [7, 11) is 0. The SMILES string of the molecule is O=C(O)c1ccccc1C(=O)OC(C(F)F)C(F)(F)F. The molecule has 1 unspecified atom stereocenters. The summed E-state index contributed by atoms with van der Waals surface area (Å²) in [6.07, 6.45) is -13.0. The van der Waals surface area contributed by atoms with Crippen LogP contribution in [-0.4, -0.2) is 35.8 Å². The maximum absolute atomic E-state index is 12.2. The summed E-state index contributed by atoms with van der Waals surface area (Å²) in [4.78, 5) is 22.2. The van der Waals surface area contributed by atoms with Crippen LogP contribution in [0.4, 0.5) is 22.0 Å². The molecular weight excluding hydrogens is 291 g/mol. The van der Waals surface area contributed by atoms with Crippen LogP contribution in [0.5, 0.6) is 0 Å². The van der Waals surface area contributed by atoms with Crippen molar-refractivity contribution in [3.63, 3.8) is 0 Å². The number of hydrogen-bond acceptors (Lipinski definition) is 3. The molecule has 1 aromatic rings. The van der Waals surface area contributed by atoms with E-state index in [0.717, 1.165) is 18.2 Å². The lowest BCUT2D eigenvalue weighted by atomic mass is 10.1. The summed E-state index contributed by atoms with van der Waals surface area (Å²) >= 11 is 0. The Bertz CT molecular complexity index is 512. The Labute approximate surface area is 108 Å². The molecule has 0 saturated heterocycles. The monoisotopic (exact) mass is 298 g/mol. The molecule has 1 rings (SSSR count). The number of alkyl halides is 5. The first-order chi connectivity index (χ1) is 9.14. The van der Waals surface area contributed by atoms with E-state index in [9.17, 15) is 31.5 Å². The number of carboxylic acid groups (broad SMARTS) is 1.